The van der Waals surface area contributed by atoms with Crippen molar-refractivity contribution in [2.45, 2.75) is 5.13 Å². The van der Waals surface area contributed by atoms with Crippen LogP contribution in [-0.2, 0) is 4.79 Å². The van der Waals surface area contributed by atoms with Gasteiger partial charge in [0.05, 0.1) is 0 Å². The summed E-state index contributed by atoms with van der Waals surface area (Å²) < 4.78 is 37.9. The second-order valence-electron chi connectivity index (χ2n) is 2.50. The third-order valence-electron chi connectivity index (χ3n) is 1.54. The van der Waals surface area contributed by atoms with Crippen LogP contribution in [0, 0.1) is 5.92 Å². The molecule has 6 heteroatoms. The van der Waals surface area contributed by atoms with Crippen molar-refractivity contribution in [1.82, 2.24) is 0 Å². The molecule has 1 aliphatic carbocycles. The number of halogens is 4. The highest BCUT2D eigenvalue weighted by atomic mass is 35.5. The second-order valence-corrected chi connectivity index (χ2v) is 3.08. The third-order valence-corrected chi connectivity index (χ3v) is 1.89. The van der Waals surface area contributed by atoms with Crippen LogP contribution < -0.4 is 0 Å². The first-order valence-electron chi connectivity index (χ1n) is 3.21. The summed E-state index contributed by atoms with van der Waals surface area (Å²) in [6.45, 7) is 0. The Morgan fingerprint density at radius 1 is 1.54 bits per heavy atom. The predicted molar refractivity (Wildman–Crippen MR) is 39.2 cm³/mol. The highest BCUT2D eigenvalue weighted by Gasteiger charge is 2.43. The van der Waals surface area contributed by atoms with Crippen LogP contribution >= 0.6 is 11.6 Å². The van der Waals surface area contributed by atoms with E-state index in [4.69, 9.17) is 16.7 Å². The van der Waals surface area contributed by atoms with Gasteiger partial charge >= 0.3 is 5.97 Å². The fraction of sp³-hybridized carbons (Fsp3) is 0.286. The molecule has 0 radical (unpaired) electrons. The molecule has 0 heterocycles. The summed E-state index contributed by atoms with van der Waals surface area (Å²) in [5.74, 6) is -6.47. The van der Waals surface area contributed by atoms with Gasteiger partial charge in [0.1, 0.15) is 5.92 Å². The maximum atomic E-state index is 13.1. The van der Waals surface area contributed by atoms with Crippen LogP contribution in [0.4, 0.5) is 13.2 Å². The molecule has 0 aromatic heterocycles. The Morgan fingerprint density at radius 3 is 2.54 bits per heavy atom. The predicted octanol–water partition coefficient (Wildman–Crippen LogP) is 2.31. The molecule has 0 aliphatic heterocycles. The second kappa shape index (κ2) is 3.06. The van der Waals surface area contributed by atoms with Crippen LogP contribution in [0.2, 0.25) is 0 Å². The summed E-state index contributed by atoms with van der Waals surface area (Å²) in [6.07, 6.45) is 0.396. The number of aliphatic carboxylic acids is 1. The molecule has 0 aromatic carbocycles. The maximum absolute atomic E-state index is 13.1. The quantitative estimate of drug-likeness (QED) is 0.678. The molecule has 0 aromatic rings. The van der Waals surface area contributed by atoms with E-state index in [1.165, 1.54) is 0 Å². The van der Waals surface area contributed by atoms with Gasteiger partial charge in [0.2, 0.25) is 5.13 Å². The molecule has 1 aliphatic rings. The molecule has 72 valence electrons. The Hall–Kier alpha value is -0.970. The van der Waals surface area contributed by atoms with Crippen molar-refractivity contribution in [3.63, 3.8) is 0 Å². The fourth-order valence-corrected chi connectivity index (χ4v) is 1.15. The smallest absolute Gasteiger partial charge is 0.315 e. The minimum Gasteiger partial charge on any atom is -0.481 e. The van der Waals surface area contributed by atoms with Crippen molar-refractivity contribution in [2.24, 2.45) is 5.92 Å². The first-order chi connectivity index (χ1) is 5.84. The number of carboxylic acids is 1. The Labute approximate surface area is 76.3 Å². The lowest BCUT2D eigenvalue weighted by Crippen LogP contribution is -2.32. The van der Waals surface area contributed by atoms with Crippen LogP contribution in [0.25, 0.3) is 0 Å². The lowest BCUT2D eigenvalue weighted by molar-refractivity contribution is -0.142. The Morgan fingerprint density at radius 2 is 2.08 bits per heavy atom. The summed E-state index contributed by atoms with van der Waals surface area (Å²) in [5, 5.41) is 5.48. The van der Waals surface area contributed by atoms with Crippen LogP contribution in [0.5, 0.6) is 0 Å². The largest absolute Gasteiger partial charge is 0.481 e. The minimum atomic E-state index is -2.91. The summed E-state index contributed by atoms with van der Waals surface area (Å²) in [7, 11) is 0. The van der Waals surface area contributed by atoms with E-state index in [2.05, 4.69) is 0 Å². The van der Waals surface area contributed by atoms with E-state index in [0.717, 1.165) is 0 Å². The molecular weight excluding hydrogens is 209 g/mol. The highest BCUT2D eigenvalue weighted by Crippen LogP contribution is 2.38. The number of alkyl halides is 2. The standard InChI is InChI=1S/C7H4ClF3O2/c8-7(11)2-5(10)4(9)1-3(7)6(12)13/h1-3H,(H,12,13). The van der Waals surface area contributed by atoms with Gasteiger partial charge in [-0.05, 0) is 6.08 Å². The molecule has 1 N–H and O–H groups in total. The number of allylic oxidation sites excluding steroid dienone is 3. The summed E-state index contributed by atoms with van der Waals surface area (Å²) >= 11 is 5.02. The lowest BCUT2D eigenvalue weighted by atomic mass is 9.97. The summed E-state index contributed by atoms with van der Waals surface area (Å²) in [4.78, 5) is 10.3. The first kappa shape index (κ1) is 10.1. The molecule has 2 nitrogen and oxygen atoms in total. The molecule has 0 amide bonds. The average molecular weight is 213 g/mol. The molecule has 0 bridgehead atoms. The number of carbonyl (C=O) groups is 1. The van der Waals surface area contributed by atoms with Crippen LogP contribution in [0.1, 0.15) is 0 Å². The number of carboxylic acid groups (broad SMARTS) is 1. The molecule has 0 saturated heterocycles. The van der Waals surface area contributed by atoms with Gasteiger partial charge < -0.3 is 5.11 Å². The summed E-state index contributed by atoms with van der Waals surface area (Å²) in [6, 6.07) is 0. The molecule has 1 rings (SSSR count). The molecule has 0 spiro atoms. The van der Waals surface area contributed by atoms with E-state index in [1.807, 2.05) is 0 Å². The van der Waals surface area contributed by atoms with E-state index < -0.39 is 28.7 Å². The number of hydrogen-bond acceptors (Lipinski definition) is 1. The van der Waals surface area contributed by atoms with Gasteiger partial charge in [-0.1, -0.05) is 11.6 Å². The zero-order valence-corrected chi connectivity index (χ0v) is 6.86. The van der Waals surface area contributed by atoms with Crippen LogP contribution in [-0.4, -0.2) is 16.2 Å². The van der Waals surface area contributed by atoms with Gasteiger partial charge in [-0.25, -0.2) is 13.2 Å². The van der Waals surface area contributed by atoms with Gasteiger partial charge in [-0.15, -0.1) is 0 Å². The highest BCUT2D eigenvalue weighted by molar-refractivity contribution is 6.25. The first-order valence-corrected chi connectivity index (χ1v) is 3.59. The Balaban J connectivity index is 3.09. The molecule has 2 unspecified atom stereocenters. The normalized spacial score (nSPS) is 33.7. The maximum Gasteiger partial charge on any atom is 0.315 e. The Kier molecular flexibility index (Phi) is 2.38. The van der Waals surface area contributed by atoms with Crippen molar-refractivity contribution in [2.75, 3.05) is 0 Å². The molecule has 0 fully saturated rings. The molecule has 0 saturated carbocycles. The monoisotopic (exact) mass is 212 g/mol. The molecule has 2 atom stereocenters. The molecule has 13 heavy (non-hydrogen) atoms. The zero-order valence-electron chi connectivity index (χ0n) is 6.10. The SMILES string of the molecule is O=C(O)C1C=C(F)C(F)=CC1(F)Cl. The fourth-order valence-electron chi connectivity index (χ4n) is 0.901. The zero-order chi connectivity index (χ0) is 10.2. The van der Waals surface area contributed by atoms with Gasteiger partial charge in [0.25, 0.3) is 0 Å². The number of rotatable bonds is 1. The van der Waals surface area contributed by atoms with Gasteiger partial charge in [-0.2, -0.15) is 0 Å². The van der Waals surface area contributed by atoms with Crippen LogP contribution in [0.3, 0.4) is 0 Å². The van der Waals surface area contributed by atoms with Crippen molar-refractivity contribution in [3.8, 4) is 0 Å². The summed E-state index contributed by atoms with van der Waals surface area (Å²) in [5.41, 5.74) is 0. The van der Waals surface area contributed by atoms with E-state index in [1.54, 1.807) is 0 Å². The number of hydrogen-bond donors (Lipinski definition) is 1. The van der Waals surface area contributed by atoms with Crippen molar-refractivity contribution in [3.05, 3.63) is 23.8 Å². The van der Waals surface area contributed by atoms with Gasteiger partial charge in [0.15, 0.2) is 11.7 Å². The average Bonchev–Trinajstić information content (AvgIpc) is 1.95. The molecular formula is C7H4ClF3O2. The lowest BCUT2D eigenvalue weighted by Gasteiger charge is -2.22. The van der Waals surface area contributed by atoms with E-state index >= 15 is 0 Å². The minimum absolute atomic E-state index is 0.0999. The van der Waals surface area contributed by atoms with E-state index in [-0.39, 0.29) is 6.08 Å². The third kappa shape index (κ3) is 1.85. The van der Waals surface area contributed by atoms with E-state index in [9.17, 15) is 18.0 Å². The van der Waals surface area contributed by atoms with Crippen molar-refractivity contribution < 1.29 is 23.1 Å². The Bertz CT molecular complexity index is 309. The topological polar surface area (TPSA) is 37.3 Å². The van der Waals surface area contributed by atoms with Gasteiger partial charge in [-0.3, -0.25) is 4.79 Å². The van der Waals surface area contributed by atoms with E-state index in [0.29, 0.717) is 6.08 Å². The van der Waals surface area contributed by atoms with Crippen LogP contribution in [0.15, 0.2) is 23.8 Å². The van der Waals surface area contributed by atoms with Crippen molar-refractivity contribution in [1.29, 1.82) is 0 Å². The van der Waals surface area contributed by atoms with Crippen molar-refractivity contribution >= 4 is 17.6 Å². The van der Waals surface area contributed by atoms with Gasteiger partial charge in [0, 0.05) is 6.08 Å².